The fourth-order valence-electron chi connectivity index (χ4n) is 3.45. The van der Waals surface area contributed by atoms with Crippen molar-refractivity contribution in [2.24, 2.45) is 0 Å². The summed E-state index contributed by atoms with van der Waals surface area (Å²) >= 11 is 0. The Bertz CT molecular complexity index is 421. The van der Waals surface area contributed by atoms with E-state index in [1.54, 1.807) is 0 Å². The van der Waals surface area contributed by atoms with Gasteiger partial charge in [-0.3, -0.25) is 4.90 Å². The minimum absolute atomic E-state index is 0.302. The smallest absolute Gasteiger partial charge is 0.0586 e. The molecule has 1 aliphatic heterocycles. The van der Waals surface area contributed by atoms with Crippen molar-refractivity contribution >= 4 is 0 Å². The first kappa shape index (κ1) is 16.5. The van der Waals surface area contributed by atoms with E-state index >= 15 is 0 Å². The maximum Gasteiger partial charge on any atom is 0.0586 e. The minimum Gasteiger partial charge on any atom is -0.395 e. The fraction of sp³-hybridized carbons (Fsp3) is 0.667. The van der Waals surface area contributed by atoms with Crippen LogP contribution in [0, 0.1) is 6.92 Å². The maximum absolute atomic E-state index is 9.53. The molecule has 1 aromatic carbocycles. The third-order valence-electron chi connectivity index (χ3n) is 4.68. The van der Waals surface area contributed by atoms with Gasteiger partial charge in [0.15, 0.2) is 0 Å². The Balaban J connectivity index is 1.98. The van der Waals surface area contributed by atoms with E-state index in [1.165, 1.54) is 24.0 Å². The molecule has 1 fully saturated rings. The molecule has 21 heavy (non-hydrogen) atoms. The molecule has 1 heterocycles. The van der Waals surface area contributed by atoms with Gasteiger partial charge in [-0.1, -0.05) is 37.6 Å². The van der Waals surface area contributed by atoms with E-state index in [0.717, 1.165) is 32.5 Å². The molecular formula is C18H30N2O. The van der Waals surface area contributed by atoms with Gasteiger partial charge in [-0.25, -0.2) is 0 Å². The molecule has 0 radical (unpaired) electrons. The average molecular weight is 290 g/mol. The van der Waals surface area contributed by atoms with Crippen molar-refractivity contribution in [1.82, 2.24) is 10.2 Å². The topological polar surface area (TPSA) is 35.5 Å². The van der Waals surface area contributed by atoms with Gasteiger partial charge in [0, 0.05) is 18.6 Å². The highest BCUT2D eigenvalue weighted by molar-refractivity contribution is 5.28. The van der Waals surface area contributed by atoms with Crippen molar-refractivity contribution in [3.63, 3.8) is 0 Å². The zero-order chi connectivity index (χ0) is 15.1. The van der Waals surface area contributed by atoms with Crippen LogP contribution in [0.1, 0.15) is 49.8 Å². The van der Waals surface area contributed by atoms with Gasteiger partial charge in [0.2, 0.25) is 0 Å². The van der Waals surface area contributed by atoms with Gasteiger partial charge in [-0.15, -0.1) is 0 Å². The summed E-state index contributed by atoms with van der Waals surface area (Å²) in [5, 5.41) is 13.2. The van der Waals surface area contributed by atoms with Gasteiger partial charge in [0.25, 0.3) is 0 Å². The number of piperidine rings is 1. The highest BCUT2D eigenvalue weighted by Crippen LogP contribution is 2.23. The summed E-state index contributed by atoms with van der Waals surface area (Å²) in [7, 11) is 0. The van der Waals surface area contributed by atoms with Crippen LogP contribution in [0.25, 0.3) is 0 Å². The Labute approximate surface area is 129 Å². The molecule has 0 aromatic heterocycles. The predicted octanol–water partition coefficient (Wildman–Crippen LogP) is 2.88. The summed E-state index contributed by atoms with van der Waals surface area (Å²) in [4.78, 5) is 2.48. The molecule has 0 spiro atoms. The molecule has 3 heteroatoms. The van der Waals surface area contributed by atoms with E-state index < -0.39 is 0 Å². The molecule has 118 valence electrons. The van der Waals surface area contributed by atoms with Crippen LogP contribution in [0.15, 0.2) is 24.3 Å². The van der Waals surface area contributed by atoms with E-state index in [0.29, 0.717) is 18.7 Å². The van der Waals surface area contributed by atoms with E-state index in [9.17, 15) is 5.11 Å². The predicted molar refractivity (Wildman–Crippen MR) is 88.5 cm³/mol. The number of hydrogen-bond acceptors (Lipinski definition) is 3. The normalized spacial score (nSPS) is 21.4. The molecule has 0 bridgehead atoms. The Morgan fingerprint density at radius 1 is 1.33 bits per heavy atom. The van der Waals surface area contributed by atoms with Gasteiger partial charge in [0.1, 0.15) is 0 Å². The van der Waals surface area contributed by atoms with Crippen molar-refractivity contribution in [1.29, 1.82) is 0 Å². The highest BCUT2D eigenvalue weighted by Gasteiger charge is 2.22. The molecular weight excluding hydrogens is 260 g/mol. The maximum atomic E-state index is 9.53. The number of likely N-dealkylation sites (tertiary alicyclic amines) is 1. The lowest BCUT2D eigenvalue weighted by Gasteiger charge is -2.35. The van der Waals surface area contributed by atoms with Crippen molar-refractivity contribution in [2.45, 2.75) is 51.6 Å². The second kappa shape index (κ2) is 8.52. The number of rotatable bonds is 7. The lowest BCUT2D eigenvalue weighted by molar-refractivity contribution is 0.0865. The van der Waals surface area contributed by atoms with E-state index in [2.05, 4.69) is 48.3 Å². The Morgan fingerprint density at radius 2 is 2.14 bits per heavy atom. The Morgan fingerprint density at radius 3 is 2.86 bits per heavy atom. The summed E-state index contributed by atoms with van der Waals surface area (Å²) in [6, 6.07) is 9.45. The van der Waals surface area contributed by atoms with Gasteiger partial charge in [-0.05, 0) is 50.4 Å². The quantitative estimate of drug-likeness (QED) is 0.810. The largest absolute Gasteiger partial charge is 0.395 e. The Kier molecular flexibility index (Phi) is 6.68. The summed E-state index contributed by atoms with van der Waals surface area (Å²) in [6.45, 7) is 7.85. The lowest BCUT2D eigenvalue weighted by atomic mass is 9.97. The third kappa shape index (κ3) is 4.53. The van der Waals surface area contributed by atoms with Crippen LogP contribution in [0.4, 0.5) is 0 Å². The molecule has 2 atom stereocenters. The molecule has 2 N–H and O–H groups in total. The number of aryl methyl sites for hydroxylation is 1. The molecule has 3 nitrogen and oxygen atoms in total. The van der Waals surface area contributed by atoms with Crippen LogP contribution >= 0.6 is 0 Å². The first-order valence-electron chi connectivity index (χ1n) is 8.40. The van der Waals surface area contributed by atoms with E-state index in [4.69, 9.17) is 0 Å². The van der Waals surface area contributed by atoms with E-state index in [1.807, 2.05) is 0 Å². The standard InChI is InChI=1S/C18H30N2O/c1-3-19-18(17-10-5-4-8-15(17)2)11-13-20-12-7-6-9-16(20)14-21/h4-5,8,10,16,18-19,21H,3,6-7,9,11-14H2,1-2H3. The van der Waals surface area contributed by atoms with Gasteiger partial charge >= 0.3 is 0 Å². The number of aliphatic hydroxyl groups is 1. The zero-order valence-corrected chi connectivity index (χ0v) is 13.5. The van der Waals surface area contributed by atoms with Crippen molar-refractivity contribution < 1.29 is 5.11 Å². The summed E-state index contributed by atoms with van der Waals surface area (Å²) in [6.07, 6.45) is 4.78. The lowest BCUT2D eigenvalue weighted by Crippen LogP contribution is -2.43. The monoisotopic (exact) mass is 290 g/mol. The number of nitrogens with one attached hydrogen (secondary N) is 1. The first-order valence-corrected chi connectivity index (χ1v) is 8.40. The third-order valence-corrected chi connectivity index (χ3v) is 4.68. The van der Waals surface area contributed by atoms with Crippen LogP contribution in [0.5, 0.6) is 0 Å². The average Bonchev–Trinajstić information content (AvgIpc) is 2.52. The summed E-state index contributed by atoms with van der Waals surface area (Å²) in [5.41, 5.74) is 2.78. The van der Waals surface area contributed by atoms with Crippen LogP contribution in [-0.4, -0.2) is 42.3 Å². The van der Waals surface area contributed by atoms with Crippen molar-refractivity contribution in [3.05, 3.63) is 35.4 Å². The van der Waals surface area contributed by atoms with Gasteiger partial charge < -0.3 is 10.4 Å². The van der Waals surface area contributed by atoms with Crippen LogP contribution in [0.2, 0.25) is 0 Å². The zero-order valence-electron chi connectivity index (χ0n) is 13.5. The second-order valence-corrected chi connectivity index (χ2v) is 6.12. The molecule has 0 saturated carbocycles. The first-order chi connectivity index (χ1) is 10.3. The molecule has 2 unspecified atom stereocenters. The molecule has 0 aliphatic carbocycles. The number of nitrogens with zero attached hydrogens (tertiary/aromatic N) is 1. The number of benzene rings is 1. The molecule has 2 rings (SSSR count). The van der Waals surface area contributed by atoms with E-state index in [-0.39, 0.29) is 0 Å². The SMILES string of the molecule is CCNC(CCN1CCCCC1CO)c1ccccc1C. The van der Waals surface area contributed by atoms with Crippen LogP contribution in [0.3, 0.4) is 0 Å². The second-order valence-electron chi connectivity index (χ2n) is 6.12. The fourth-order valence-corrected chi connectivity index (χ4v) is 3.45. The molecule has 1 aliphatic rings. The van der Waals surface area contributed by atoms with Gasteiger partial charge in [0.05, 0.1) is 6.61 Å². The Hall–Kier alpha value is -0.900. The minimum atomic E-state index is 0.302. The summed E-state index contributed by atoms with van der Waals surface area (Å²) < 4.78 is 0. The molecule has 0 amide bonds. The number of hydrogen-bond donors (Lipinski definition) is 2. The van der Waals surface area contributed by atoms with Crippen LogP contribution in [-0.2, 0) is 0 Å². The summed E-state index contributed by atoms with van der Waals surface area (Å²) in [5.74, 6) is 0. The number of aliphatic hydroxyl groups excluding tert-OH is 1. The highest BCUT2D eigenvalue weighted by atomic mass is 16.3. The molecule has 1 saturated heterocycles. The van der Waals surface area contributed by atoms with Crippen LogP contribution < -0.4 is 5.32 Å². The van der Waals surface area contributed by atoms with Gasteiger partial charge in [-0.2, -0.15) is 0 Å². The van der Waals surface area contributed by atoms with Crippen molar-refractivity contribution in [2.75, 3.05) is 26.2 Å². The molecule has 1 aromatic rings. The van der Waals surface area contributed by atoms with Crippen molar-refractivity contribution in [3.8, 4) is 0 Å².